The van der Waals surface area contributed by atoms with Gasteiger partial charge in [-0.25, -0.2) is 4.99 Å². The molecule has 0 unspecified atom stereocenters. The molecule has 1 saturated heterocycles. The average Bonchev–Trinajstić information content (AvgIpc) is 3.48. The van der Waals surface area contributed by atoms with Gasteiger partial charge in [0.25, 0.3) is 5.91 Å². The zero-order valence-electron chi connectivity index (χ0n) is 27.6. The smallest absolute Gasteiger partial charge is 0.387 e. The number of carbonyl (C=O) groups excluding carboxylic acids is 2. The number of amides is 2. The highest BCUT2D eigenvalue weighted by Gasteiger charge is 2.27. The molecule has 2 amide bonds. The minimum Gasteiger partial charge on any atom is -0.492 e. The Morgan fingerprint density at radius 2 is 1.94 bits per heavy atom. The third kappa shape index (κ3) is 9.37. The topological polar surface area (TPSA) is 105 Å². The molecule has 11 nitrogen and oxygen atoms in total. The Bertz CT molecular complexity index is 1790. The van der Waals surface area contributed by atoms with Gasteiger partial charge in [0.15, 0.2) is 0 Å². The van der Waals surface area contributed by atoms with Gasteiger partial charge in [0.1, 0.15) is 36.2 Å². The van der Waals surface area contributed by atoms with E-state index in [-0.39, 0.29) is 51.8 Å². The first-order chi connectivity index (χ1) is 24.0. The van der Waals surface area contributed by atoms with E-state index in [1.807, 2.05) is 24.3 Å². The lowest BCUT2D eigenvalue weighted by Crippen LogP contribution is -2.47. The van der Waals surface area contributed by atoms with Gasteiger partial charge in [0.2, 0.25) is 5.91 Å². The molecule has 264 valence electrons. The molecule has 1 aromatic heterocycles. The SMILES string of the molecule is C=C/C(C(=O)Nc1cn(CC(=O)N2CCC(N(C)CCOc3ccc(Br)cc3)CC2)nc1-c1cc(Cl)ccc1OC(F)F)=C1/N=CC=CN1C. The molecule has 0 radical (unpaired) electrons. The molecular formula is C35H37BrClF2N7O4. The van der Waals surface area contributed by atoms with Crippen molar-refractivity contribution in [2.45, 2.75) is 32.0 Å². The number of rotatable bonds is 13. The summed E-state index contributed by atoms with van der Waals surface area (Å²) in [5.41, 5.74) is 0.498. The van der Waals surface area contributed by atoms with Gasteiger partial charge in [-0.2, -0.15) is 13.9 Å². The van der Waals surface area contributed by atoms with Crippen molar-refractivity contribution in [1.82, 2.24) is 24.5 Å². The van der Waals surface area contributed by atoms with Crippen molar-refractivity contribution in [2.75, 3.05) is 45.7 Å². The number of benzene rings is 2. The van der Waals surface area contributed by atoms with E-state index in [1.165, 1.54) is 35.2 Å². The molecule has 1 fully saturated rings. The maximum atomic E-state index is 13.5. The fourth-order valence-corrected chi connectivity index (χ4v) is 6.11. The number of nitrogens with zero attached hydrogens (tertiary/aromatic N) is 6. The lowest BCUT2D eigenvalue weighted by molar-refractivity contribution is -0.133. The summed E-state index contributed by atoms with van der Waals surface area (Å²) in [6, 6.07) is 12.1. The lowest BCUT2D eigenvalue weighted by Gasteiger charge is -2.36. The number of aliphatic imine (C=N–C) groups is 1. The molecule has 15 heteroatoms. The van der Waals surface area contributed by atoms with Crippen LogP contribution in [0.4, 0.5) is 14.5 Å². The number of hydrogen-bond acceptors (Lipinski definition) is 8. The molecule has 0 aliphatic carbocycles. The van der Waals surface area contributed by atoms with Gasteiger partial charge in [0, 0.05) is 66.4 Å². The van der Waals surface area contributed by atoms with Crippen LogP contribution in [0.3, 0.4) is 0 Å². The van der Waals surface area contributed by atoms with Crippen molar-refractivity contribution in [3.8, 4) is 22.8 Å². The maximum Gasteiger partial charge on any atom is 0.387 e. The number of likely N-dealkylation sites (N-methyl/N-ethyl adjacent to an activating group) is 1. The van der Waals surface area contributed by atoms with Crippen molar-refractivity contribution in [3.05, 3.63) is 94.5 Å². The van der Waals surface area contributed by atoms with Crippen molar-refractivity contribution in [1.29, 1.82) is 0 Å². The fraction of sp³-hybridized carbons (Fsp3) is 0.314. The van der Waals surface area contributed by atoms with Gasteiger partial charge < -0.3 is 24.6 Å². The molecule has 3 heterocycles. The number of carbonyl (C=O) groups is 2. The quantitative estimate of drug-likeness (QED) is 0.200. The Labute approximate surface area is 302 Å². The number of piperidine rings is 1. The molecule has 0 atom stereocenters. The Hall–Kier alpha value is -4.53. The normalized spacial score (nSPS) is 15.8. The number of hydrogen-bond donors (Lipinski definition) is 1. The molecule has 1 N–H and O–H groups in total. The van der Waals surface area contributed by atoms with Gasteiger partial charge in [0.05, 0.1) is 11.3 Å². The Balaban J connectivity index is 1.29. The minimum atomic E-state index is -3.12. The third-order valence-corrected chi connectivity index (χ3v) is 9.07. The van der Waals surface area contributed by atoms with Crippen molar-refractivity contribution < 1.29 is 27.8 Å². The fourth-order valence-electron chi connectivity index (χ4n) is 5.67. The van der Waals surface area contributed by atoms with Crippen LogP contribution in [0.25, 0.3) is 11.3 Å². The molecule has 3 aromatic rings. The van der Waals surface area contributed by atoms with E-state index in [0.29, 0.717) is 25.5 Å². The summed E-state index contributed by atoms with van der Waals surface area (Å²) < 4.78 is 39.7. The van der Waals surface area contributed by atoms with Gasteiger partial charge >= 0.3 is 6.61 Å². The van der Waals surface area contributed by atoms with Gasteiger partial charge in [-0.3, -0.25) is 19.2 Å². The molecule has 0 spiro atoms. The number of aromatic nitrogens is 2. The highest BCUT2D eigenvalue weighted by molar-refractivity contribution is 9.10. The molecule has 2 aliphatic rings. The predicted molar refractivity (Wildman–Crippen MR) is 192 cm³/mol. The highest BCUT2D eigenvalue weighted by Crippen LogP contribution is 2.37. The molecule has 0 saturated carbocycles. The van der Waals surface area contributed by atoms with Crippen molar-refractivity contribution in [3.63, 3.8) is 0 Å². The van der Waals surface area contributed by atoms with Crippen LogP contribution in [0.1, 0.15) is 12.8 Å². The van der Waals surface area contributed by atoms with Crippen LogP contribution in [0.5, 0.6) is 11.5 Å². The second-order valence-corrected chi connectivity index (χ2v) is 13.0. The van der Waals surface area contributed by atoms with Crippen LogP contribution in [0.2, 0.25) is 5.02 Å². The first kappa shape index (κ1) is 36.7. The largest absolute Gasteiger partial charge is 0.492 e. The first-order valence-electron chi connectivity index (χ1n) is 15.8. The van der Waals surface area contributed by atoms with E-state index in [1.54, 1.807) is 35.3 Å². The average molecular weight is 773 g/mol. The highest BCUT2D eigenvalue weighted by atomic mass is 79.9. The number of halogens is 4. The second kappa shape index (κ2) is 16.9. The summed E-state index contributed by atoms with van der Waals surface area (Å²) in [6.07, 6.45) is 9.40. The summed E-state index contributed by atoms with van der Waals surface area (Å²) in [5.74, 6) is 0.203. The number of allylic oxidation sites excluding steroid dienone is 1. The van der Waals surface area contributed by atoms with Crippen LogP contribution in [-0.4, -0.2) is 95.5 Å². The Morgan fingerprint density at radius 3 is 2.62 bits per heavy atom. The molecule has 2 aliphatic heterocycles. The number of alkyl halides is 2. The van der Waals surface area contributed by atoms with Crippen LogP contribution in [0, 0.1) is 0 Å². The van der Waals surface area contributed by atoms with E-state index < -0.39 is 12.5 Å². The monoisotopic (exact) mass is 771 g/mol. The number of ether oxygens (including phenoxy) is 2. The van der Waals surface area contributed by atoms with Crippen LogP contribution in [-0.2, 0) is 16.1 Å². The lowest BCUT2D eigenvalue weighted by atomic mass is 10.0. The number of likely N-dealkylation sites (tertiary alicyclic amines) is 1. The second-order valence-electron chi connectivity index (χ2n) is 11.6. The van der Waals surface area contributed by atoms with Gasteiger partial charge in [-0.15, -0.1) is 0 Å². The zero-order chi connectivity index (χ0) is 35.8. The summed E-state index contributed by atoms with van der Waals surface area (Å²) in [4.78, 5) is 37.0. The standard InChI is InChI=1S/C35H37BrClF2N7O4/c1-4-27(33-40-14-5-15-44(33)3)34(48)41-29-21-46(42-32(29)28-20-24(37)8-11-30(28)50-35(38)39)22-31(47)45-16-12-25(13-17-45)43(2)18-19-49-26-9-6-23(36)7-10-26/h4-11,14-15,20-21,25,35H,1,12-13,16-19,22H2,2-3H3,(H,41,48)/b33-27+. The summed E-state index contributed by atoms with van der Waals surface area (Å²) in [7, 11) is 3.79. The van der Waals surface area contributed by atoms with Crippen LogP contribution < -0.4 is 14.8 Å². The number of anilines is 1. The Kier molecular flexibility index (Phi) is 12.4. The molecule has 5 rings (SSSR count). The number of nitrogens with one attached hydrogen (secondary N) is 1. The van der Waals surface area contributed by atoms with E-state index in [9.17, 15) is 18.4 Å². The molecular weight excluding hydrogens is 736 g/mol. The van der Waals surface area contributed by atoms with Crippen LogP contribution >= 0.6 is 27.5 Å². The van der Waals surface area contributed by atoms with Crippen molar-refractivity contribution >= 4 is 51.2 Å². The summed E-state index contributed by atoms with van der Waals surface area (Å²) in [5, 5.41) is 7.58. The molecule has 2 aromatic carbocycles. The first-order valence-corrected chi connectivity index (χ1v) is 17.0. The molecule has 50 heavy (non-hydrogen) atoms. The van der Waals surface area contributed by atoms with Gasteiger partial charge in [-0.05, 0) is 68.4 Å². The predicted octanol–water partition coefficient (Wildman–Crippen LogP) is 6.44. The van der Waals surface area contributed by atoms with E-state index in [4.69, 9.17) is 21.1 Å². The summed E-state index contributed by atoms with van der Waals surface area (Å²) in [6.45, 7) is 2.89. The minimum absolute atomic E-state index is 0.0868. The van der Waals surface area contributed by atoms with E-state index >= 15 is 0 Å². The zero-order valence-corrected chi connectivity index (χ0v) is 29.9. The van der Waals surface area contributed by atoms with E-state index in [0.717, 1.165) is 29.6 Å². The van der Waals surface area contributed by atoms with Crippen LogP contribution in [0.15, 0.2) is 94.5 Å². The third-order valence-electron chi connectivity index (χ3n) is 8.30. The summed E-state index contributed by atoms with van der Waals surface area (Å²) >= 11 is 9.68. The maximum absolute atomic E-state index is 13.5. The van der Waals surface area contributed by atoms with Gasteiger partial charge in [-0.1, -0.05) is 40.2 Å². The molecule has 0 bridgehead atoms. The van der Waals surface area contributed by atoms with E-state index in [2.05, 4.69) is 49.9 Å². The van der Waals surface area contributed by atoms with Crippen molar-refractivity contribution in [2.24, 2.45) is 4.99 Å². The Morgan fingerprint density at radius 1 is 1.20 bits per heavy atom.